The summed E-state index contributed by atoms with van der Waals surface area (Å²) in [5.41, 5.74) is 3.32. The van der Waals surface area contributed by atoms with Crippen LogP contribution in [0.2, 0.25) is 0 Å². The second kappa shape index (κ2) is 8.52. The van der Waals surface area contributed by atoms with E-state index in [9.17, 15) is 9.18 Å². The van der Waals surface area contributed by atoms with Gasteiger partial charge in [0.25, 0.3) is 0 Å². The minimum atomic E-state index is -0.214. The van der Waals surface area contributed by atoms with Gasteiger partial charge < -0.3 is 9.80 Å². The Bertz CT molecular complexity index is 1360. The molecular formula is C26H25FN6O. The van der Waals surface area contributed by atoms with Crippen LogP contribution in [0, 0.1) is 5.82 Å². The summed E-state index contributed by atoms with van der Waals surface area (Å²) < 4.78 is 15.7. The Labute approximate surface area is 196 Å². The number of rotatable bonds is 4. The average molecular weight is 457 g/mol. The summed E-state index contributed by atoms with van der Waals surface area (Å²) in [6, 6.07) is 16.8. The van der Waals surface area contributed by atoms with E-state index >= 15 is 0 Å². The van der Waals surface area contributed by atoms with Crippen LogP contribution in [-0.4, -0.2) is 45.0 Å². The van der Waals surface area contributed by atoms with E-state index < -0.39 is 0 Å². The van der Waals surface area contributed by atoms with E-state index in [-0.39, 0.29) is 11.9 Å². The maximum absolute atomic E-state index is 13.9. The molecule has 0 radical (unpaired) electrons. The Morgan fingerprint density at radius 3 is 2.65 bits per heavy atom. The first kappa shape index (κ1) is 20.8. The van der Waals surface area contributed by atoms with Gasteiger partial charge >= 0.3 is 0 Å². The van der Waals surface area contributed by atoms with Gasteiger partial charge in [-0.3, -0.25) is 4.79 Å². The van der Waals surface area contributed by atoms with Crippen LogP contribution in [-0.2, 0) is 4.79 Å². The SMILES string of the molecule is O=C1CCN(c2cccc(-c3cnc4ccc(N5CCC[C@@H]5c5cccc(F)c5)nn34)n2)CC1. The molecule has 1 aromatic carbocycles. The first-order valence-electron chi connectivity index (χ1n) is 11.8. The Kier molecular flexibility index (Phi) is 5.20. The van der Waals surface area contributed by atoms with Crippen LogP contribution >= 0.6 is 0 Å². The molecule has 4 aromatic rings. The number of carbonyl (C=O) groups is 1. The molecule has 3 aromatic heterocycles. The number of halogens is 1. The first-order chi connectivity index (χ1) is 16.7. The maximum atomic E-state index is 13.9. The van der Waals surface area contributed by atoms with Gasteiger partial charge in [-0.15, -0.1) is 5.10 Å². The number of imidazole rings is 1. The van der Waals surface area contributed by atoms with Crippen LogP contribution in [0.1, 0.15) is 37.3 Å². The van der Waals surface area contributed by atoms with Gasteiger partial charge in [-0.1, -0.05) is 18.2 Å². The fourth-order valence-electron chi connectivity index (χ4n) is 5.02. The van der Waals surface area contributed by atoms with Crippen molar-refractivity contribution in [2.45, 2.75) is 31.7 Å². The van der Waals surface area contributed by atoms with Crippen molar-refractivity contribution in [2.24, 2.45) is 0 Å². The molecule has 0 spiro atoms. The largest absolute Gasteiger partial charge is 0.356 e. The molecule has 0 saturated carbocycles. The van der Waals surface area contributed by atoms with Gasteiger partial charge in [-0.25, -0.2) is 18.9 Å². The molecule has 7 nitrogen and oxygen atoms in total. The average Bonchev–Trinajstić information content (AvgIpc) is 3.52. The fraction of sp³-hybridized carbons (Fsp3) is 0.308. The van der Waals surface area contributed by atoms with Crippen LogP contribution in [0.25, 0.3) is 17.0 Å². The lowest BCUT2D eigenvalue weighted by Gasteiger charge is -2.27. The third kappa shape index (κ3) is 3.79. The zero-order valence-corrected chi connectivity index (χ0v) is 18.8. The van der Waals surface area contributed by atoms with E-state index in [1.54, 1.807) is 18.3 Å². The van der Waals surface area contributed by atoms with Crippen molar-refractivity contribution in [1.29, 1.82) is 0 Å². The molecule has 34 heavy (non-hydrogen) atoms. The summed E-state index contributed by atoms with van der Waals surface area (Å²) in [6.45, 7) is 2.26. The van der Waals surface area contributed by atoms with E-state index in [4.69, 9.17) is 10.1 Å². The van der Waals surface area contributed by atoms with E-state index in [1.807, 2.05) is 40.9 Å². The van der Waals surface area contributed by atoms with E-state index in [0.717, 1.165) is 53.6 Å². The number of fused-ring (bicyclic) bond motifs is 1. The third-order valence-electron chi connectivity index (χ3n) is 6.77. The molecule has 0 bridgehead atoms. The zero-order valence-electron chi connectivity index (χ0n) is 18.8. The molecule has 0 N–H and O–H groups in total. The van der Waals surface area contributed by atoms with Crippen molar-refractivity contribution in [2.75, 3.05) is 29.4 Å². The fourth-order valence-corrected chi connectivity index (χ4v) is 5.02. The van der Waals surface area contributed by atoms with Crippen LogP contribution in [0.15, 0.2) is 60.8 Å². The standard InChI is InChI=1S/C26H25FN6O/c27-19-5-1-4-18(16-19)22-7-3-13-32(22)26-10-9-24-28-17-23(33(24)30-26)21-6-2-8-25(29-21)31-14-11-20(34)12-15-31/h1-2,4-6,8-10,16-17,22H,3,7,11-15H2/t22-/m1/s1. The Morgan fingerprint density at radius 1 is 0.941 bits per heavy atom. The molecule has 1 atom stereocenters. The number of hydrogen-bond donors (Lipinski definition) is 0. The number of hydrogen-bond acceptors (Lipinski definition) is 6. The van der Waals surface area contributed by atoms with Crippen molar-refractivity contribution in [3.05, 3.63) is 72.2 Å². The van der Waals surface area contributed by atoms with Gasteiger partial charge in [-0.2, -0.15) is 0 Å². The monoisotopic (exact) mass is 456 g/mol. The predicted octanol–water partition coefficient (Wildman–Crippen LogP) is 4.44. The molecule has 5 heterocycles. The topological polar surface area (TPSA) is 66.6 Å². The molecule has 2 fully saturated rings. The number of nitrogens with zero attached hydrogens (tertiary/aromatic N) is 6. The van der Waals surface area contributed by atoms with E-state index in [0.29, 0.717) is 31.7 Å². The summed E-state index contributed by atoms with van der Waals surface area (Å²) in [4.78, 5) is 25.4. The molecule has 0 unspecified atom stereocenters. The molecule has 0 amide bonds. The number of piperidine rings is 1. The lowest BCUT2D eigenvalue weighted by Crippen LogP contribution is -2.34. The Hall–Kier alpha value is -3.81. The molecule has 2 saturated heterocycles. The predicted molar refractivity (Wildman–Crippen MR) is 128 cm³/mol. The van der Waals surface area contributed by atoms with Crippen LogP contribution in [0.5, 0.6) is 0 Å². The van der Waals surface area contributed by atoms with E-state index in [1.165, 1.54) is 6.07 Å². The van der Waals surface area contributed by atoms with Crippen molar-refractivity contribution in [3.8, 4) is 11.4 Å². The number of Topliss-reactive ketones (excluding diaryl/α,β-unsaturated/α-hetero) is 1. The lowest BCUT2D eigenvalue weighted by molar-refractivity contribution is -0.119. The van der Waals surface area contributed by atoms with Crippen LogP contribution < -0.4 is 9.80 Å². The second-order valence-corrected chi connectivity index (χ2v) is 8.92. The summed E-state index contributed by atoms with van der Waals surface area (Å²) in [6.07, 6.45) is 4.91. The van der Waals surface area contributed by atoms with Gasteiger partial charge in [0.1, 0.15) is 28.9 Å². The molecule has 6 rings (SSSR count). The highest BCUT2D eigenvalue weighted by molar-refractivity contribution is 5.81. The van der Waals surface area contributed by atoms with Gasteiger partial charge in [0, 0.05) is 32.5 Å². The molecular weight excluding hydrogens is 431 g/mol. The van der Waals surface area contributed by atoms with Gasteiger partial charge in [-0.05, 0) is 54.8 Å². The number of anilines is 2. The lowest BCUT2D eigenvalue weighted by atomic mass is 10.0. The molecule has 8 heteroatoms. The summed E-state index contributed by atoms with van der Waals surface area (Å²) >= 11 is 0. The summed E-state index contributed by atoms with van der Waals surface area (Å²) in [5.74, 6) is 1.80. The van der Waals surface area contributed by atoms with Gasteiger partial charge in [0.15, 0.2) is 5.65 Å². The Morgan fingerprint density at radius 2 is 1.79 bits per heavy atom. The number of pyridine rings is 1. The third-order valence-corrected chi connectivity index (χ3v) is 6.77. The Balaban J connectivity index is 1.34. The normalized spacial score (nSPS) is 18.7. The zero-order chi connectivity index (χ0) is 23.1. The van der Waals surface area contributed by atoms with Crippen LogP contribution in [0.4, 0.5) is 16.0 Å². The van der Waals surface area contributed by atoms with Crippen LogP contribution in [0.3, 0.4) is 0 Å². The quantitative estimate of drug-likeness (QED) is 0.452. The number of benzene rings is 1. The first-order valence-corrected chi connectivity index (χ1v) is 11.8. The summed E-state index contributed by atoms with van der Waals surface area (Å²) in [7, 11) is 0. The van der Waals surface area contributed by atoms with Gasteiger partial charge in [0.2, 0.25) is 0 Å². The van der Waals surface area contributed by atoms with Gasteiger partial charge in [0.05, 0.1) is 17.9 Å². The minimum Gasteiger partial charge on any atom is -0.356 e. The van der Waals surface area contributed by atoms with E-state index in [2.05, 4.69) is 14.8 Å². The highest BCUT2D eigenvalue weighted by atomic mass is 19.1. The highest BCUT2D eigenvalue weighted by Crippen LogP contribution is 2.35. The van der Waals surface area contributed by atoms with Crippen molar-refractivity contribution in [1.82, 2.24) is 19.6 Å². The second-order valence-electron chi connectivity index (χ2n) is 8.92. The molecule has 0 aliphatic carbocycles. The number of aromatic nitrogens is 4. The highest BCUT2D eigenvalue weighted by Gasteiger charge is 2.28. The van der Waals surface area contributed by atoms with Crippen molar-refractivity contribution >= 4 is 23.1 Å². The smallest absolute Gasteiger partial charge is 0.154 e. The van der Waals surface area contributed by atoms with Crippen molar-refractivity contribution in [3.63, 3.8) is 0 Å². The molecule has 172 valence electrons. The molecule has 2 aliphatic heterocycles. The minimum absolute atomic E-state index is 0.0934. The molecule has 2 aliphatic rings. The summed E-state index contributed by atoms with van der Waals surface area (Å²) in [5, 5.41) is 4.93. The van der Waals surface area contributed by atoms with Crippen molar-refractivity contribution < 1.29 is 9.18 Å². The number of ketones is 1. The maximum Gasteiger partial charge on any atom is 0.154 e. The number of carbonyl (C=O) groups excluding carboxylic acids is 1.